The standard InChI is InChI=1S/C13H24O2/c1-4-5-6-7-8-9-10-12(11(2)3)13(14)15/h4-10H2,1-3H3,(H,14,15). The van der Waals surface area contributed by atoms with Gasteiger partial charge in [0.25, 0.3) is 0 Å². The van der Waals surface area contributed by atoms with Crippen molar-refractivity contribution in [1.29, 1.82) is 0 Å². The molecule has 0 aliphatic heterocycles. The Morgan fingerprint density at radius 3 is 2.00 bits per heavy atom. The first-order valence-electron chi connectivity index (χ1n) is 5.99. The Balaban J connectivity index is 3.66. The fourth-order valence-corrected chi connectivity index (χ4v) is 1.65. The third kappa shape index (κ3) is 7.18. The van der Waals surface area contributed by atoms with Gasteiger partial charge in [-0.3, -0.25) is 0 Å². The van der Waals surface area contributed by atoms with Crippen LogP contribution in [0.3, 0.4) is 0 Å². The molecule has 0 unspecified atom stereocenters. The predicted molar refractivity (Wildman–Crippen MR) is 64.0 cm³/mol. The van der Waals surface area contributed by atoms with Gasteiger partial charge in [-0.05, 0) is 26.7 Å². The molecule has 0 amide bonds. The molecule has 15 heavy (non-hydrogen) atoms. The van der Waals surface area contributed by atoms with Crippen LogP contribution in [0.5, 0.6) is 0 Å². The number of hydrogen-bond donors (Lipinski definition) is 1. The average molecular weight is 212 g/mol. The fraction of sp³-hybridized carbons (Fsp3) is 0.769. The van der Waals surface area contributed by atoms with Crippen molar-refractivity contribution in [3.8, 4) is 0 Å². The molecule has 0 rings (SSSR count). The molecule has 0 aromatic heterocycles. The Morgan fingerprint density at radius 2 is 1.53 bits per heavy atom. The SMILES string of the molecule is CCCCCCCCC(C(=O)O)=C(C)C. The number of carboxylic acids is 1. The van der Waals surface area contributed by atoms with Gasteiger partial charge >= 0.3 is 5.97 Å². The van der Waals surface area contributed by atoms with Gasteiger partial charge in [0.15, 0.2) is 0 Å². The van der Waals surface area contributed by atoms with Gasteiger partial charge in [0.1, 0.15) is 0 Å². The lowest BCUT2D eigenvalue weighted by Gasteiger charge is -2.04. The first-order valence-corrected chi connectivity index (χ1v) is 5.99. The van der Waals surface area contributed by atoms with Crippen LogP contribution in [-0.4, -0.2) is 11.1 Å². The molecular formula is C13H24O2. The first-order chi connectivity index (χ1) is 7.09. The van der Waals surface area contributed by atoms with Crippen LogP contribution in [0.25, 0.3) is 0 Å². The van der Waals surface area contributed by atoms with Gasteiger partial charge in [-0.15, -0.1) is 0 Å². The van der Waals surface area contributed by atoms with Gasteiger partial charge in [0, 0.05) is 5.57 Å². The maximum atomic E-state index is 10.8. The van der Waals surface area contributed by atoms with E-state index in [9.17, 15) is 4.79 Å². The summed E-state index contributed by atoms with van der Waals surface area (Å²) in [5.74, 6) is -0.747. The monoisotopic (exact) mass is 212 g/mol. The second-order valence-corrected chi connectivity index (χ2v) is 4.30. The predicted octanol–water partition coefficient (Wildman–Crippen LogP) is 4.16. The molecule has 0 heterocycles. The molecule has 0 aliphatic carbocycles. The summed E-state index contributed by atoms with van der Waals surface area (Å²) < 4.78 is 0. The summed E-state index contributed by atoms with van der Waals surface area (Å²) in [6.07, 6.45) is 7.98. The van der Waals surface area contributed by atoms with Crippen molar-refractivity contribution in [1.82, 2.24) is 0 Å². The smallest absolute Gasteiger partial charge is 0.331 e. The van der Waals surface area contributed by atoms with Gasteiger partial charge in [-0.1, -0.05) is 44.6 Å². The highest BCUT2D eigenvalue weighted by Gasteiger charge is 2.07. The van der Waals surface area contributed by atoms with Crippen molar-refractivity contribution < 1.29 is 9.90 Å². The van der Waals surface area contributed by atoms with Crippen molar-refractivity contribution >= 4 is 5.97 Å². The molecule has 0 aromatic rings. The lowest BCUT2D eigenvalue weighted by Crippen LogP contribution is -2.02. The number of carboxylic acid groups (broad SMARTS) is 1. The number of carbonyl (C=O) groups is 1. The molecule has 0 radical (unpaired) electrons. The number of hydrogen-bond acceptors (Lipinski definition) is 1. The maximum Gasteiger partial charge on any atom is 0.331 e. The molecular weight excluding hydrogens is 188 g/mol. The summed E-state index contributed by atoms with van der Waals surface area (Å²) in [4.78, 5) is 10.8. The number of allylic oxidation sites excluding steroid dienone is 1. The fourth-order valence-electron chi connectivity index (χ4n) is 1.65. The lowest BCUT2D eigenvalue weighted by atomic mass is 10.0. The molecule has 0 saturated heterocycles. The van der Waals surface area contributed by atoms with Gasteiger partial charge < -0.3 is 5.11 Å². The number of aliphatic carboxylic acids is 1. The molecule has 0 aromatic carbocycles. The van der Waals surface area contributed by atoms with Crippen LogP contribution in [0.1, 0.15) is 65.7 Å². The van der Waals surface area contributed by atoms with Crippen molar-refractivity contribution in [2.45, 2.75) is 65.7 Å². The van der Waals surface area contributed by atoms with Crippen LogP contribution in [-0.2, 0) is 4.79 Å². The summed E-state index contributed by atoms with van der Waals surface area (Å²) in [5.41, 5.74) is 1.54. The van der Waals surface area contributed by atoms with Crippen LogP contribution in [0.4, 0.5) is 0 Å². The molecule has 0 bridgehead atoms. The minimum absolute atomic E-state index is 0.602. The van der Waals surface area contributed by atoms with Gasteiger partial charge in [-0.2, -0.15) is 0 Å². The molecule has 88 valence electrons. The number of rotatable bonds is 8. The van der Waals surface area contributed by atoms with Crippen LogP contribution >= 0.6 is 0 Å². The van der Waals surface area contributed by atoms with Gasteiger partial charge in [0.05, 0.1) is 0 Å². The van der Waals surface area contributed by atoms with Gasteiger partial charge in [-0.25, -0.2) is 4.79 Å². The zero-order valence-corrected chi connectivity index (χ0v) is 10.3. The summed E-state index contributed by atoms with van der Waals surface area (Å²) in [7, 11) is 0. The van der Waals surface area contributed by atoms with E-state index in [1.807, 2.05) is 13.8 Å². The summed E-state index contributed by atoms with van der Waals surface area (Å²) in [6, 6.07) is 0. The quantitative estimate of drug-likeness (QED) is 0.484. The minimum atomic E-state index is -0.747. The van der Waals surface area contributed by atoms with E-state index in [1.54, 1.807) is 0 Å². The second kappa shape index (κ2) is 8.51. The Kier molecular flexibility index (Phi) is 8.06. The lowest BCUT2D eigenvalue weighted by molar-refractivity contribution is -0.132. The molecule has 1 N–H and O–H groups in total. The topological polar surface area (TPSA) is 37.3 Å². The largest absolute Gasteiger partial charge is 0.478 e. The molecule has 0 saturated carbocycles. The molecule has 0 fully saturated rings. The molecule has 0 aliphatic rings. The zero-order valence-electron chi connectivity index (χ0n) is 10.3. The summed E-state index contributed by atoms with van der Waals surface area (Å²) in [5, 5.41) is 8.93. The number of unbranched alkanes of at least 4 members (excludes halogenated alkanes) is 5. The van der Waals surface area contributed by atoms with E-state index >= 15 is 0 Å². The van der Waals surface area contributed by atoms with Gasteiger partial charge in [0.2, 0.25) is 0 Å². The van der Waals surface area contributed by atoms with E-state index in [4.69, 9.17) is 5.11 Å². The van der Waals surface area contributed by atoms with E-state index in [2.05, 4.69) is 6.92 Å². The molecule has 0 atom stereocenters. The Morgan fingerprint density at radius 1 is 1.00 bits per heavy atom. The highest BCUT2D eigenvalue weighted by atomic mass is 16.4. The van der Waals surface area contributed by atoms with Crippen LogP contribution in [0, 0.1) is 0 Å². The van der Waals surface area contributed by atoms with E-state index in [1.165, 1.54) is 25.7 Å². The van der Waals surface area contributed by atoms with E-state index in [-0.39, 0.29) is 0 Å². The second-order valence-electron chi connectivity index (χ2n) is 4.30. The Labute approximate surface area is 93.4 Å². The van der Waals surface area contributed by atoms with Crippen molar-refractivity contribution in [2.24, 2.45) is 0 Å². The van der Waals surface area contributed by atoms with E-state index in [0.29, 0.717) is 5.57 Å². The highest BCUT2D eigenvalue weighted by Crippen LogP contribution is 2.15. The van der Waals surface area contributed by atoms with E-state index < -0.39 is 5.97 Å². The van der Waals surface area contributed by atoms with Crippen molar-refractivity contribution in [2.75, 3.05) is 0 Å². The Hall–Kier alpha value is -0.790. The van der Waals surface area contributed by atoms with Crippen LogP contribution in [0.2, 0.25) is 0 Å². The maximum absolute atomic E-state index is 10.8. The highest BCUT2D eigenvalue weighted by molar-refractivity contribution is 5.87. The average Bonchev–Trinajstić information content (AvgIpc) is 2.15. The minimum Gasteiger partial charge on any atom is -0.478 e. The zero-order chi connectivity index (χ0) is 11.7. The molecule has 2 heteroatoms. The Bertz CT molecular complexity index is 213. The third-order valence-corrected chi connectivity index (χ3v) is 2.64. The van der Waals surface area contributed by atoms with Crippen LogP contribution in [0.15, 0.2) is 11.1 Å². The van der Waals surface area contributed by atoms with Crippen LogP contribution < -0.4 is 0 Å². The normalized spacial score (nSPS) is 10.1. The molecule has 0 spiro atoms. The first kappa shape index (κ1) is 14.2. The summed E-state index contributed by atoms with van der Waals surface area (Å²) in [6.45, 7) is 5.95. The third-order valence-electron chi connectivity index (χ3n) is 2.64. The van der Waals surface area contributed by atoms with E-state index in [0.717, 1.165) is 24.8 Å². The summed E-state index contributed by atoms with van der Waals surface area (Å²) >= 11 is 0. The molecule has 2 nitrogen and oxygen atoms in total. The van der Waals surface area contributed by atoms with Crippen molar-refractivity contribution in [3.63, 3.8) is 0 Å². The van der Waals surface area contributed by atoms with Crippen molar-refractivity contribution in [3.05, 3.63) is 11.1 Å².